The van der Waals surface area contributed by atoms with Gasteiger partial charge in [0.25, 0.3) is 0 Å². The lowest BCUT2D eigenvalue weighted by Gasteiger charge is -2.15. The summed E-state index contributed by atoms with van der Waals surface area (Å²) in [6.45, 7) is 1.82. The van der Waals surface area contributed by atoms with Crippen LogP contribution in [0.2, 0.25) is 0 Å². The van der Waals surface area contributed by atoms with Crippen molar-refractivity contribution >= 4 is 0 Å². The zero-order valence-electron chi connectivity index (χ0n) is 8.83. The normalized spacial score (nSPS) is 15.9. The summed E-state index contributed by atoms with van der Waals surface area (Å²) in [6.07, 6.45) is -6.44. The van der Waals surface area contributed by atoms with Gasteiger partial charge in [-0.2, -0.15) is 13.2 Å². The van der Waals surface area contributed by atoms with Crippen molar-refractivity contribution in [2.75, 3.05) is 0 Å². The number of hydrogen-bond donors (Lipinski definition) is 2. The Morgan fingerprint density at radius 3 is 2.12 bits per heavy atom. The quantitative estimate of drug-likeness (QED) is 0.840. The number of hydrogen-bond acceptors (Lipinski definition) is 2. The monoisotopic (exact) mass is 233 g/mol. The first-order valence-corrected chi connectivity index (χ1v) is 4.90. The topological polar surface area (TPSA) is 46.2 Å². The summed E-state index contributed by atoms with van der Waals surface area (Å²) in [6, 6.07) is 5.60. The fourth-order valence-electron chi connectivity index (χ4n) is 1.40. The van der Waals surface area contributed by atoms with E-state index in [9.17, 15) is 13.2 Å². The molecule has 0 bridgehead atoms. The number of halogens is 3. The van der Waals surface area contributed by atoms with Gasteiger partial charge in [-0.15, -0.1) is 0 Å². The summed E-state index contributed by atoms with van der Waals surface area (Å²) in [5.74, 6) is 0. The zero-order chi connectivity index (χ0) is 12.3. The van der Waals surface area contributed by atoms with Gasteiger partial charge in [-0.05, 0) is 24.5 Å². The van der Waals surface area contributed by atoms with Crippen LogP contribution in [-0.4, -0.2) is 17.3 Å². The van der Waals surface area contributed by atoms with Crippen LogP contribution in [0.15, 0.2) is 24.3 Å². The fourth-order valence-corrected chi connectivity index (χ4v) is 1.40. The summed E-state index contributed by atoms with van der Waals surface area (Å²) in [5.41, 5.74) is 6.26. The lowest BCUT2D eigenvalue weighted by atomic mass is 10.0. The standard InChI is InChI=1S/C11H14F3NO/c1-7(15)6-8-2-4-9(5-3-8)10(16)11(12,13)14/h2-5,7,10,16H,6,15H2,1H3. The van der Waals surface area contributed by atoms with E-state index < -0.39 is 12.3 Å². The molecule has 0 fully saturated rings. The predicted molar refractivity (Wildman–Crippen MR) is 54.8 cm³/mol. The number of alkyl halides is 3. The molecule has 5 heteroatoms. The van der Waals surface area contributed by atoms with Gasteiger partial charge in [-0.1, -0.05) is 24.3 Å². The minimum atomic E-state index is -4.62. The van der Waals surface area contributed by atoms with Gasteiger partial charge in [-0.3, -0.25) is 0 Å². The summed E-state index contributed by atoms with van der Waals surface area (Å²) >= 11 is 0. The van der Waals surface area contributed by atoms with Crippen LogP contribution >= 0.6 is 0 Å². The maximum absolute atomic E-state index is 12.2. The van der Waals surface area contributed by atoms with Crippen molar-refractivity contribution in [2.24, 2.45) is 5.73 Å². The number of rotatable bonds is 3. The molecule has 1 aromatic rings. The Morgan fingerprint density at radius 2 is 1.75 bits per heavy atom. The summed E-state index contributed by atoms with van der Waals surface area (Å²) < 4.78 is 36.5. The van der Waals surface area contributed by atoms with E-state index in [-0.39, 0.29) is 11.6 Å². The van der Waals surface area contributed by atoms with Gasteiger partial charge < -0.3 is 10.8 Å². The molecule has 2 unspecified atom stereocenters. The van der Waals surface area contributed by atoms with E-state index >= 15 is 0 Å². The molecular formula is C11H14F3NO. The second kappa shape index (κ2) is 4.84. The van der Waals surface area contributed by atoms with E-state index in [0.29, 0.717) is 6.42 Å². The molecule has 0 heterocycles. The van der Waals surface area contributed by atoms with Gasteiger partial charge in [0.1, 0.15) is 0 Å². The Balaban J connectivity index is 2.79. The average Bonchev–Trinajstić information content (AvgIpc) is 2.15. The van der Waals surface area contributed by atoms with Crippen LogP contribution in [0.1, 0.15) is 24.2 Å². The van der Waals surface area contributed by atoms with Gasteiger partial charge in [0, 0.05) is 6.04 Å². The van der Waals surface area contributed by atoms with Crippen LogP contribution in [-0.2, 0) is 6.42 Å². The van der Waals surface area contributed by atoms with Crippen LogP contribution in [0.5, 0.6) is 0 Å². The van der Waals surface area contributed by atoms with E-state index in [1.54, 1.807) is 12.1 Å². The molecule has 0 aliphatic carbocycles. The van der Waals surface area contributed by atoms with Crippen LogP contribution in [0.25, 0.3) is 0 Å². The first kappa shape index (κ1) is 13.0. The first-order valence-electron chi connectivity index (χ1n) is 4.90. The molecule has 0 amide bonds. The molecule has 0 aliphatic rings. The molecule has 3 N–H and O–H groups in total. The molecule has 0 aliphatic heterocycles. The van der Waals surface area contributed by atoms with Crippen molar-refractivity contribution in [1.29, 1.82) is 0 Å². The van der Waals surface area contributed by atoms with Crippen molar-refractivity contribution in [3.63, 3.8) is 0 Å². The molecule has 0 saturated carbocycles. The van der Waals surface area contributed by atoms with Crippen molar-refractivity contribution in [1.82, 2.24) is 0 Å². The second-order valence-electron chi connectivity index (χ2n) is 3.87. The predicted octanol–water partition coefficient (Wildman–Crippen LogP) is 2.17. The SMILES string of the molecule is CC(N)Cc1ccc(C(O)C(F)(F)F)cc1. The van der Waals surface area contributed by atoms with Crippen molar-refractivity contribution in [3.05, 3.63) is 35.4 Å². The molecule has 90 valence electrons. The smallest absolute Gasteiger partial charge is 0.379 e. The summed E-state index contributed by atoms with van der Waals surface area (Å²) in [7, 11) is 0. The molecule has 0 spiro atoms. The van der Waals surface area contributed by atoms with Gasteiger partial charge in [-0.25, -0.2) is 0 Å². The Hall–Kier alpha value is -1.07. The van der Waals surface area contributed by atoms with Gasteiger partial charge in [0.05, 0.1) is 0 Å². The van der Waals surface area contributed by atoms with Crippen LogP contribution in [0, 0.1) is 0 Å². The molecule has 2 nitrogen and oxygen atoms in total. The van der Waals surface area contributed by atoms with Crippen LogP contribution < -0.4 is 5.73 Å². The molecule has 0 saturated heterocycles. The maximum Gasteiger partial charge on any atom is 0.418 e. The Morgan fingerprint density at radius 1 is 1.25 bits per heavy atom. The Bertz CT molecular complexity index is 332. The number of aliphatic hydroxyl groups excluding tert-OH is 1. The third-order valence-electron chi connectivity index (χ3n) is 2.16. The van der Waals surface area contributed by atoms with Gasteiger partial charge >= 0.3 is 6.18 Å². The molecule has 16 heavy (non-hydrogen) atoms. The largest absolute Gasteiger partial charge is 0.418 e. The third kappa shape index (κ3) is 3.50. The zero-order valence-corrected chi connectivity index (χ0v) is 8.83. The van der Waals surface area contributed by atoms with Crippen LogP contribution in [0.3, 0.4) is 0 Å². The lowest BCUT2D eigenvalue weighted by Crippen LogP contribution is -2.20. The van der Waals surface area contributed by atoms with E-state index in [1.165, 1.54) is 12.1 Å². The van der Waals surface area contributed by atoms with Crippen molar-refractivity contribution < 1.29 is 18.3 Å². The highest BCUT2D eigenvalue weighted by molar-refractivity contribution is 5.25. The molecule has 1 aromatic carbocycles. The van der Waals surface area contributed by atoms with Crippen molar-refractivity contribution in [3.8, 4) is 0 Å². The molecule has 1 rings (SSSR count). The lowest BCUT2D eigenvalue weighted by molar-refractivity contribution is -0.206. The highest BCUT2D eigenvalue weighted by Crippen LogP contribution is 2.32. The van der Waals surface area contributed by atoms with E-state index in [2.05, 4.69) is 0 Å². The summed E-state index contributed by atoms with van der Waals surface area (Å²) in [4.78, 5) is 0. The molecule has 0 radical (unpaired) electrons. The average molecular weight is 233 g/mol. The van der Waals surface area contributed by atoms with Crippen molar-refractivity contribution in [2.45, 2.75) is 31.7 Å². The molecule has 2 atom stereocenters. The highest BCUT2D eigenvalue weighted by Gasteiger charge is 2.39. The highest BCUT2D eigenvalue weighted by atomic mass is 19.4. The first-order chi connectivity index (χ1) is 7.30. The van der Waals surface area contributed by atoms with Gasteiger partial charge in [0.2, 0.25) is 0 Å². The van der Waals surface area contributed by atoms with E-state index in [4.69, 9.17) is 10.8 Å². The second-order valence-corrected chi connectivity index (χ2v) is 3.87. The maximum atomic E-state index is 12.2. The van der Waals surface area contributed by atoms with E-state index in [1.807, 2.05) is 6.92 Å². The van der Waals surface area contributed by atoms with Crippen LogP contribution in [0.4, 0.5) is 13.2 Å². The molecule has 0 aromatic heterocycles. The number of benzene rings is 1. The van der Waals surface area contributed by atoms with Gasteiger partial charge in [0.15, 0.2) is 6.10 Å². The van der Waals surface area contributed by atoms with E-state index in [0.717, 1.165) is 5.56 Å². The Labute approximate surface area is 91.9 Å². The fraction of sp³-hybridized carbons (Fsp3) is 0.455. The summed E-state index contributed by atoms with van der Waals surface area (Å²) in [5, 5.41) is 8.98. The Kier molecular flexibility index (Phi) is 3.93. The minimum absolute atomic E-state index is 0.0432. The molecular weight excluding hydrogens is 219 g/mol. The number of nitrogens with two attached hydrogens (primary N) is 1. The number of aliphatic hydroxyl groups is 1. The minimum Gasteiger partial charge on any atom is -0.379 e. The third-order valence-corrected chi connectivity index (χ3v) is 2.16.